The number of rotatable bonds is 8. The van der Waals surface area contributed by atoms with Crippen molar-refractivity contribution >= 4 is 33.2 Å². The second-order valence-corrected chi connectivity index (χ2v) is 8.02. The number of nitrogens with one attached hydrogen (secondary N) is 1. The summed E-state index contributed by atoms with van der Waals surface area (Å²) in [5.41, 5.74) is 0. The summed E-state index contributed by atoms with van der Waals surface area (Å²) in [6, 6.07) is 3.06. The molecule has 0 aromatic carbocycles. The fourth-order valence-corrected chi connectivity index (χ4v) is 4.33. The van der Waals surface area contributed by atoms with Crippen molar-refractivity contribution < 1.29 is 9.90 Å². The topological polar surface area (TPSA) is 52.6 Å². The maximum Gasteiger partial charge on any atom is 0.317 e. The van der Waals surface area contributed by atoms with Crippen molar-refractivity contribution in [3.63, 3.8) is 0 Å². The summed E-state index contributed by atoms with van der Waals surface area (Å²) in [5, 5.41) is 14.7. The van der Waals surface area contributed by atoms with Gasteiger partial charge >= 0.3 is 5.97 Å². The SMILES string of the molecule is O=C(O)CN(CC1CC1)C1CC(NCc2sccc2Br)C1. The minimum Gasteiger partial charge on any atom is -0.480 e. The molecule has 6 heteroatoms. The van der Waals surface area contributed by atoms with Crippen LogP contribution in [0.2, 0.25) is 0 Å². The second-order valence-electron chi connectivity index (χ2n) is 6.16. The minimum atomic E-state index is -0.699. The van der Waals surface area contributed by atoms with E-state index in [9.17, 15) is 4.79 Å². The van der Waals surface area contributed by atoms with Crippen molar-refractivity contribution in [3.8, 4) is 0 Å². The molecule has 2 aliphatic rings. The number of hydrogen-bond donors (Lipinski definition) is 2. The summed E-state index contributed by atoms with van der Waals surface area (Å²) in [7, 11) is 0. The molecule has 2 aliphatic carbocycles. The monoisotopic (exact) mass is 372 g/mol. The van der Waals surface area contributed by atoms with Gasteiger partial charge < -0.3 is 10.4 Å². The molecule has 0 radical (unpaired) electrons. The van der Waals surface area contributed by atoms with Crippen molar-refractivity contribution in [2.75, 3.05) is 13.1 Å². The Hall–Kier alpha value is -0.430. The molecule has 4 nitrogen and oxygen atoms in total. The van der Waals surface area contributed by atoms with Gasteiger partial charge in [0.15, 0.2) is 0 Å². The lowest BCUT2D eigenvalue weighted by Crippen LogP contribution is -2.54. The molecule has 2 saturated carbocycles. The molecule has 1 aromatic heterocycles. The van der Waals surface area contributed by atoms with Gasteiger partial charge in [-0.15, -0.1) is 11.3 Å². The normalized spacial score (nSPS) is 25.0. The second kappa shape index (κ2) is 6.77. The third-order valence-electron chi connectivity index (χ3n) is 4.40. The Morgan fingerprint density at radius 1 is 1.48 bits per heavy atom. The van der Waals surface area contributed by atoms with E-state index in [4.69, 9.17) is 5.11 Å². The number of thiophene rings is 1. The Balaban J connectivity index is 1.42. The van der Waals surface area contributed by atoms with Crippen LogP contribution in [-0.2, 0) is 11.3 Å². The molecular formula is C15H21BrN2O2S. The Morgan fingerprint density at radius 2 is 2.24 bits per heavy atom. The highest BCUT2D eigenvalue weighted by Crippen LogP contribution is 2.34. The predicted octanol–water partition coefficient (Wildman–Crippen LogP) is 2.93. The zero-order chi connectivity index (χ0) is 14.8. The van der Waals surface area contributed by atoms with Gasteiger partial charge in [0.1, 0.15) is 0 Å². The van der Waals surface area contributed by atoms with Gasteiger partial charge in [-0.2, -0.15) is 0 Å². The number of aliphatic carboxylic acids is 1. The maximum absolute atomic E-state index is 11.0. The zero-order valence-corrected chi connectivity index (χ0v) is 14.3. The summed E-state index contributed by atoms with van der Waals surface area (Å²) < 4.78 is 1.18. The molecular weight excluding hydrogens is 352 g/mol. The van der Waals surface area contributed by atoms with Crippen LogP contribution in [0.3, 0.4) is 0 Å². The van der Waals surface area contributed by atoms with Crippen molar-refractivity contribution in [1.82, 2.24) is 10.2 Å². The number of carbonyl (C=O) groups is 1. The van der Waals surface area contributed by atoms with Gasteiger partial charge in [0.25, 0.3) is 0 Å². The van der Waals surface area contributed by atoms with Crippen LogP contribution in [0.1, 0.15) is 30.6 Å². The highest BCUT2D eigenvalue weighted by atomic mass is 79.9. The van der Waals surface area contributed by atoms with Gasteiger partial charge in [0, 0.05) is 34.5 Å². The number of carboxylic acid groups (broad SMARTS) is 1. The van der Waals surface area contributed by atoms with Crippen LogP contribution in [0.4, 0.5) is 0 Å². The van der Waals surface area contributed by atoms with Crippen molar-refractivity contribution in [2.45, 2.75) is 44.3 Å². The number of halogens is 1. The fourth-order valence-electron chi connectivity index (χ4n) is 2.89. The molecule has 0 atom stereocenters. The average Bonchev–Trinajstić information content (AvgIpc) is 3.09. The lowest BCUT2D eigenvalue weighted by atomic mass is 9.85. The molecule has 21 heavy (non-hydrogen) atoms. The summed E-state index contributed by atoms with van der Waals surface area (Å²) in [4.78, 5) is 14.5. The van der Waals surface area contributed by atoms with Crippen LogP contribution in [0.15, 0.2) is 15.9 Å². The first-order chi connectivity index (χ1) is 10.1. The van der Waals surface area contributed by atoms with Gasteiger partial charge in [-0.25, -0.2) is 0 Å². The molecule has 1 aromatic rings. The molecule has 3 rings (SSSR count). The molecule has 0 unspecified atom stereocenters. The van der Waals surface area contributed by atoms with Crippen LogP contribution in [0, 0.1) is 5.92 Å². The first kappa shape index (κ1) is 15.5. The summed E-state index contributed by atoms with van der Waals surface area (Å²) in [6.45, 7) is 2.07. The molecule has 2 N–H and O–H groups in total. The Labute approximate surface area is 137 Å². The number of nitrogens with zero attached hydrogens (tertiary/aromatic N) is 1. The highest BCUT2D eigenvalue weighted by Gasteiger charge is 2.36. The van der Waals surface area contributed by atoms with Crippen LogP contribution >= 0.6 is 27.3 Å². The van der Waals surface area contributed by atoms with E-state index in [1.165, 1.54) is 22.2 Å². The summed E-state index contributed by atoms with van der Waals surface area (Å²) in [5.74, 6) is 0.0491. The number of hydrogen-bond acceptors (Lipinski definition) is 4. The Morgan fingerprint density at radius 3 is 2.81 bits per heavy atom. The average molecular weight is 373 g/mol. The van der Waals surface area contributed by atoms with E-state index in [0.717, 1.165) is 31.8 Å². The largest absolute Gasteiger partial charge is 0.480 e. The van der Waals surface area contributed by atoms with Crippen molar-refractivity contribution in [3.05, 3.63) is 20.8 Å². The van der Waals surface area contributed by atoms with E-state index >= 15 is 0 Å². The van der Waals surface area contributed by atoms with E-state index in [-0.39, 0.29) is 6.54 Å². The third kappa shape index (κ3) is 4.28. The van der Waals surface area contributed by atoms with E-state index in [2.05, 4.69) is 37.6 Å². The van der Waals surface area contributed by atoms with Gasteiger partial charge in [0.05, 0.1) is 6.54 Å². The lowest BCUT2D eigenvalue weighted by molar-refractivity contribution is -0.139. The van der Waals surface area contributed by atoms with Crippen LogP contribution in [-0.4, -0.2) is 41.1 Å². The Kier molecular flexibility index (Phi) is 4.99. The Bertz CT molecular complexity index is 498. The molecule has 0 spiro atoms. The minimum absolute atomic E-state index is 0.199. The van der Waals surface area contributed by atoms with Gasteiger partial charge in [-0.1, -0.05) is 0 Å². The molecule has 2 fully saturated rings. The molecule has 0 amide bonds. The molecule has 116 valence electrons. The standard InChI is InChI=1S/C15H21BrN2O2S/c16-13-3-4-21-14(13)7-17-11-5-12(6-11)18(9-15(19)20)8-10-1-2-10/h3-4,10-12,17H,1-2,5-9H2,(H,19,20). The summed E-state index contributed by atoms with van der Waals surface area (Å²) in [6.07, 6.45) is 4.69. The number of carboxylic acids is 1. The van der Waals surface area contributed by atoms with Crippen molar-refractivity contribution in [2.24, 2.45) is 5.92 Å². The van der Waals surface area contributed by atoms with Crippen LogP contribution in [0.5, 0.6) is 0 Å². The van der Waals surface area contributed by atoms with E-state index in [0.29, 0.717) is 12.1 Å². The lowest BCUT2D eigenvalue weighted by Gasteiger charge is -2.43. The van der Waals surface area contributed by atoms with Gasteiger partial charge in [-0.3, -0.25) is 9.69 Å². The molecule has 0 saturated heterocycles. The first-order valence-electron chi connectivity index (χ1n) is 7.53. The van der Waals surface area contributed by atoms with Gasteiger partial charge in [0.2, 0.25) is 0 Å². The third-order valence-corrected chi connectivity index (χ3v) is 6.33. The molecule has 0 aliphatic heterocycles. The smallest absolute Gasteiger partial charge is 0.317 e. The van der Waals surface area contributed by atoms with E-state index in [1.807, 2.05) is 0 Å². The van der Waals surface area contributed by atoms with E-state index < -0.39 is 5.97 Å². The molecule has 0 bridgehead atoms. The first-order valence-corrected chi connectivity index (χ1v) is 9.20. The predicted molar refractivity (Wildman–Crippen MR) is 87.6 cm³/mol. The van der Waals surface area contributed by atoms with Gasteiger partial charge in [-0.05, 0) is 59.0 Å². The quantitative estimate of drug-likeness (QED) is 0.736. The zero-order valence-electron chi connectivity index (χ0n) is 11.9. The van der Waals surface area contributed by atoms with Crippen molar-refractivity contribution in [1.29, 1.82) is 0 Å². The fraction of sp³-hybridized carbons (Fsp3) is 0.667. The highest BCUT2D eigenvalue weighted by molar-refractivity contribution is 9.10. The molecule has 1 heterocycles. The van der Waals surface area contributed by atoms with Crippen LogP contribution in [0.25, 0.3) is 0 Å². The van der Waals surface area contributed by atoms with E-state index in [1.54, 1.807) is 11.3 Å². The van der Waals surface area contributed by atoms with Crippen LogP contribution < -0.4 is 5.32 Å². The maximum atomic E-state index is 11.0. The summed E-state index contributed by atoms with van der Waals surface area (Å²) >= 11 is 5.31.